The van der Waals surface area contributed by atoms with Gasteiger partial charge < -0.3 is 9.80 Å². The van der Waals surface area contributed by atoms with E-state index in [9.17, 15) is 0 Å². The van der Waals surface area contributed by atoms with Gasteiger partial charge in [0.05, 0.1) is 23.7 Å². The van der Waals surface area contributed by atoms with E-state index in [2.05, 4.69) is 108 Å². The number of fused-ring (bicyclic) bond motifs is 1. The largest absolute Gasteiger partial charge is 0.355 e. The molecule has 1 aromatic heterocycles. The van der Waals surface area contributed by atoms with E-state index in [-0.39, 0.29) is 0 Å². The first-order chi connectivity index (χ1) is 13.8. The number of hydrogen-bond donors (Lipinski definition) is 0. The summed E-state index contributed by atoms with van der Waals surface area (Å²) in [5, 5.41) is 0. The van der Waals surface area contributed by atoms with Crippen LogP contribution in [-0.2, 0) is 0 Å². The second-order valence-electron chi connectivity index (χ2n) is 7.09. The van der Waals surface area contributed by atoms with Crippen LogP contribution in [0.25, 0.3) is 22.4 Å². The highest BCUT2D eigenvalue weighted by Gasteiger charge is 2.25. The first-order valence-electron chi connectivity index (χ1n) is 9.50. The molecular formula is C25H21N3. The lowest BCUT2D eigenvalue weighted by molar-refractivity contribution is 0.934. The molecule has 5 rings (SSSR count). The molecule has 4 aromatic rings. The van der Waals surface area contributed by atoms with Crippen molar-refractivity contribution in [1.82, 2.24) is 4.98 Å². The molecule has 0 saturated heterocycles. The summed E-state index contributed by atoms with van der Waals surface area (Å²) in [6.45, 7) is 0.790. The monoisotopic (exact) mass is 363 g/mol. The number of aromatic nitrogens is 1. The lowest BCUT2D eigenvalue weighted by atomic mass is 10.0. The number of anilines is 3. The number of hydrogen-bond acceptors (Lipinski definition) is 3. The highest BCUT2D eigenvalue weighted by Crippen LogP contribution is 2.40. The van der Waals surface area contributed by atoms with Gasteiger partial charge in [-0.15, -0.1) is 0 Å². The minimum Gasteiger partial charge on any atom is -0.355 e. The molecular weight excluding hydrogens is 342 g/mol. The van der Waals surface area contributed by atoms with Gasteiger partial charge in [-0.3, -0.25) is 0 Å². The molecule has 0 N–H and O–H groups in total. The molecule has 0 aliphatic carbocycles. The van der Waals surface area contributed by atoms with Gasteiger partial charge in [-0.25, -0.2) is 4.98 Å². The Labute approximate surface area is 165 Å². The minimum atomic E-state index is 0.790. The third-order valence-corrected chi connectivity index (χ3v) is 5.20. The van der Waals surface area contributed by atoms with Gasteiger partial charge in [-0.05, 0) is 35.4 Å². The van der Waals surface area contributed by atoms with Gasteiger partial charge in [0.25, 0.3) is 0 Å². The van der Waals surface area contributed by atoms with Gasteiger partial charge in [0.2, 0.25) is 0 Å². The fourth-order valence-corrected chi connectivity index (χ4v) is 3.78. The Morgan fingerprint density at radius 2 is 1.25 bits per heavy atom. The van der Waals surface area contributed by atoms with Gasteiger partial charge in [0, 0.05) is 12.6 Å². The van der Waals surface area contributed by atoms with Crippen LogP contribution in [0.3, 0.4) is 0 Å². The molecule has 0 fully saturated rings. The maximum atomic E-state index is 5.04. The highest BCUT2D eigenvalue weighted by atomic mass is 15.4. The predicted octanol–water partition coefficient (Wildman–Crippen LogP) is 5.96. The van der Waals surface area contributed by atoms with Crippen LogP contribution in [0.1, 0.15) is 0 Å². The Morgan fingerprint density at radius 3 is 1.96 bits per heavy atom. The Morgan fingerprint density at radius 1 is 0.643 bits per heavy atom. The van der Waals surface area contributed by atoms with Gasteiger partial charge in [0.1, 0.15) is 5.82 Å². The first-order valence-corrected chi connectivity index (χ1v) is 9.50. The van der Waals surface area contributed by atoms with Gasteiger partial charge in [-0.2, -0.15) is 0 Å². The van der Waals surface area contributed by atoms with Crippen LogP contribution in [0.15, 0.2) is 97.1 Å². The van der Waals surface area contributed by atoms with E-state index in [1.54, 1.807) is 0 Å². The summed E-state index contributed by atoms with van der Waals surface area (Å²) in [4.78, 5) is 9.59. The molecule has 1 aliphatic rings. The molecule has 3 nitrogen and oxygen atoms in total. The van der Waals surface area contributed by atoms with Crippen molar-refractivity contribution in [2.45, 2.75) is 0 Å². The molecule has 0 unspecified atom stereocenters. The van der Waals surface area contributed by atoms with E-state index in [4.69, 9.17) is 4.98 Å². The van der Waals surface area contributed by atoms with Crippen LogP contribution >= 0.6 is 0 Å². The van der Waals surface area contributed by atoms with Crippen molar-refractivity contribution in [3.05, 3.63) is 97.1 Å². The normalized spacial score (nSPS) is 12.9. The van der Waals surface area contributed by atoms with E-state index in [0.29, 0.717) is 0 Å². The highest BCUT2D eigenvalue weighted by molar-refractivity contribution is 5.83. The predicted molar refractivity (Wildman–Crippen MR) is 117 cm³/mol. The third kappa shape index (κ3) is 2.91. The molecule has 0 bridgehead atoms. The molecule has 0 amide bonds. The molecule has 28 heavy (non-hydrogen) atoms. The smallest absolute Gasteiger partial charge is 0.135 e. The van der Waals surface area contributed by atoms with Crippen molar-refractivity contribution in [3.8, 4) is 22.4 Å². The standard InChI is InChI=1S/C25H21N3/c1-27-18-28(24-15-9-8-14-23(24)27)25-17-21(19-10-4-2-5-11-19)16-22(26-25)20-12-6-3-7-13-20/h2-17H,18H2,1H3. The average molecular weight is 363 g/mol. The summed E-state index contributed by atoms with van der Waals surface area (Å²) in [6.07, 6.45) is 0. The van der Waals surface area contributed by atoms with Crippen LogP contribution in [0.2, 0.25) is 0 Å². The molecule has 136 valence electrons. The first kappa shape index (κ1) is 16.6. The van der Waals surface area contributed by atoms with Crippen molar-refractivity contribution < 1.29 is 0 Å². The molecule has 0 atom stereocenters. The number of para-hydroxylation sites is 2. The summed E-state index contributed by atoms with van der Waals surface area (Å²) < 4.78 is 0. The van der Waals surface area contributed by atoms with E-state index in [0.717, 1.165) is 23.7 Å². The molecule has 0 radical (unpaired) electrons. The Kier molecular flexibility index (Phi) is 4.06. The molecule has 0 saturated carbocycles. The summed E-state index contributed by atoms with van der Waals surface area (Å²) >= 11 is 0. The minimum absolute atomic E-state index is 0.790. The topological polar surface area (TPSA) is 19.4 Å². The molecule has 2 heterocycles. The zero-order valence-electron chi connectivity index (χ0n) is 15.8. The van der Waals surface area contributed by atoms with Gasteiger partial charge in [0.15, 0.2) is 0 Å². The fraction of sp³-hybridized carbons (Fsp3) is 0.0800. The summed E-state index contributed by atoms with van der Waals surface area (Å²) in [6, 6.07) is 33.8. The maximum Gasteiger partial charge on any atom is 0.135 e. The van der Waals surface area contributed by atoms with Gasteiger partial charge in [-0.1, -0.05) is 72.8 Å². The quantitative estimate of drug-likeness (QED) is 0.448. The van der Waals surface area contributed by atoms with Crippen molar-refractivity contribution >= 4 is 17.2 Å². The summed E-state index contributed by atoms with van der Waals surface area (Å²) in [7, 11) is 2.12. The zero-order valence-corrected chi connectivity index (χ0v) is 15.8. The Bertz CT molecular complexity index is 1050. The second kappa shape index (κ2) is 6.86. The average Bonchev–Trinajstić information content (AvgIpc) is 3.12. The van der Waals surface area contributed by atoms with Crippen molar-refractivity contribution in [2.24, 2.45) is 0 Å². The molecule has 0 spiro atoms. The maximum absolute atomic E-state index is 5.04. The van der Waals surface area contributed by atoms with Crippen molar-refractivity contribution in [2.75, 3.05) is 23.5 Å². The van der Waals surface area contributed by atoms with E-state index >= 15 is 0 Å². The second-order valence-corrected chi connectivity index (χ2v) is 7.09. The Hall–Kier alpha value is -3.59. The number of benzene rings is 3. The summed E-state index contributed by atoms with van der Waals surface area (Å²) in [5.41, 5.74) is 6.92. The van der Waals surface area contributed by atoms with Crippen LogP contribution < -0.4 is 9.80 Å². The van der Waals surface area contributed by atoms with Crippen LogP contribution in [0, 0.1) is 0 Å². The lowest BCUT2D eigenvalue weighted by Crippen LogP contribution is -2.24. The number of pyridine rings is 1. The van der Waals surface area contributed by atoms with Crippen LogP contribution in [0.5, 0.6) is 0 Å². The zero-order chi connectivity index (χ0) is 18.9. The van der Waals surface area contributed by atoms with E-state index in [1.165, 1.54) is 22.5 Å². The van der Waals surface area contributed by atoms with E-state index in [1.807, 2.05) is 6.07 Å². The molecule has 3 aromatic carbocycles. The SMILES string of the molecule is CN1CN(c2cc(-c3ccccc3)cc(-c3ccccc3)n2)c2ccccc21. The Balaban J connectivity index is 1.68. The third-order valence-electron chi connectivity index (χ3n) is 5.20. The van der Waals surface area contributed by atoms with Crippen molar-refractivity contribution in [3.63, 3.8) is 0 Å². The molecule has 1 aliphatic heterocycles. The van der Waals surface area contributed by atoms with Crippen LogP contribution in [-0.4, -0.2) is 18.7 Å². The lowest BCUT2D eigenvalue weighted by Gasteiger charge is -2.20. The van der Waals surface area contributed by atoms with Gasteiger partial charge >= 0.3 is 0 Å². The molecule has 3 heteroatoms. The summed E-state index contributed by atoms with van der Waals surface area (Å²) in [5.74, 6) is 0.969. The number of nitrogens with zero attached hydrogens (tertiary/aromatic N) is 3. The number of rotatable bonds is 3. The van der Waals surface area contributed by atoms with E-state index < -0.39 is 0 Å². The fourth-order valence-electron chi connectivity index (χ4n) is 3.78. The van der Waals surface area contributed by atoms with Crippen LogP contribution in [0.4, 0.5) is 17.2 Å². The van der Waals surface area contributed by atoms with Crippen molar-refractivity contribution in [1.29, 1.82) is 0 Å².